The normalized spacial score (nSPS) is 13.6. The number of rotatable bonds is 5. The van der Waals surface area contributed by atoms with E-state index in [2.05, 4.69) is 29.0 Å². The number of pyridine rings is 2. The minimum atomic E-state index is -4.75. The Balaban J connectivity index is 1.57. The predicted octanol–water partition coefficient (Wildman–Crippen LogP) is 3.03. The molecule has 172 valence electrons. The van der Waals surface area contributed by atoms with Crippen molar-refractivity contribution in [2.75, 3.05) is 13.4 Å². The summed E-state index contributed by atoms with van der Waals surface area (Å²) in [6.45, 7) is 0. The Hall–Kier alpha value is -3.81. The van der Waals surface area contributed by atoms with E-state index in [0.29, 0.717) is 17.1 Å². The topological polar surface area (TPSA) is 125 Å². The average Bonchev–Trinajstić information content (AvgIpc) is 3.39. The van der Waals surface area contributed by atoms with Crippen LogP contribution in [0.4, 0.5) is 13.2 Å². The number of nitrogens with zero attached hydrogens (tertiary/aromatic N) is 6. The van der Waals surface area contributed by atoms with E-state index in [1.165, 1.54) is 54.6 Å². The van der Waals surface area contributed by atoms with E-state index in [-0.39, 0.29) is 22.8 Å². The quantitative estimate of drug-likeness (QED) is 0.427. The van der Waals surface area contributed by atoms with Crippen LogP contribution in [0.1, 0.15) is 11.6 Å². The van der Waals surface area contributed by atoms with Crippen molar-refractivity contribution in [2.45, 2.75) is 17.6 Å². The number of imidazole rings is 1. The van der Waals surface area contributed by atoms with Crippen LogP contribution in [0, 0.1) is 0 Å². The summed E-state index contributed by atoms with van der Waals surface area (Å²) < 4.78 is 65.5. The highest BCUT2D eigenvalue weighted by atomic mass is 32.2. The Kier molecular flexibility index (Phi) is 5.61. The van der Waals surface area contributed by atoms with E-state index in [1.54, 1.807) is 6.07 Å². The molecule has 1 unspecified atom stereocenters. The molecule has 0 fully saturated rings. The Morgan fingerprint density at radius 2 is 2.03 bits per heavy atom. The van der Waals surface area contributed by atoms with Gasteiger partial charge in [0, 0.05) is 36.5 Å². The van der Waals surface area contributed by atoms with Gasteiger partial charge in [0.05, 0.1) is 29.0 Å². The maximum atomic E-state index is 12.9. The van der Waals surface area contributed by atoms with E-state index in [1.807, 2.05) is 0 Å². The van der Waals surface area contributed by atoms with Gasteiger partial charge >= 0.3 is 12.1 Å². The lowest BCUT2D eigenvalue weighted by Gasteiger charge is -2.05. The molecule has 0 spiro atoms. The van der Waals surface area contributed by atoms with Crippen molar-refractivity contribution >= 4 is 21.3 Å². The number of halogens is 3. The van der Waals surface area contributed by atoms with E-state index in [4.69, 9.17) is 4.74 Å². The highest BCUT2D eigenvalue weighted by molar-refractivity contribution is 7.93. The van der Waals surface area contributed by atoms with Gasteiger partial charge in [-0.2, -0.15) is 22.5 Å². The molecule has 0 radical (unpaired) electrons. The van der Waals surface area contributed by atoms with Crippen molar-refractivity contribution in [1.29, 1.82) is 0 Å². The maximum absolute atomic E-state index is 12.9. The van der Waals surface area contributed by atoms with E-state index < -0.39 is 27.7 Å². The molecular weight excluding hydrogens is 465 g/mol. The molecule has 33 heavy (non-hydrogen) atoms. The number of methoxy groups -OCH3 is 1. The first-order valence-corrected chi connectivity index (χ1v) is 11.1. The zero-order valence-corrected chi connectivity index (χ0v) is 17.9. The van der Waals surface area contributed by atoms with E-state index in [0.717, 1.165) is 0 Å². The minimum absolute atomic E-state index is 0.105. The molecule has 0 aliphatic carbocycles. The number of hydrogen-bond donors (Lipinski definition) is 0. The van der Waals surface area contributed by atoms with Crippen molar-refractivity contribution in [1.82, 2.24) is 24.5 Å². The summed E-state index contributed by atoms with van der Waals surface area (Å²) in [5.74, 6) is -1.95. The van der Waals surface area contributed by atoms with Crippen LogP contribution in [0.5, 0.6) is 5.75 Å². The number of alkyl halides is 3. The number of hydrogen-bond acceptors (Lipinski definition) is 8. The molecule has 1 atom stereocenters. The Bertz CT molecular complexity index is 1470. The van der Waals surface area contributed by atoms with Crippen molar-refractivity contribution in [3.8, 4) is 17.1 Å². The first kappa shape index (κ1) is 22.4. The summed E-state index contributed by atoms with van der Waals surface area (Å²) in [7, 11) is -1.67. The van der Waals surface area contributed by atoms with Gasteiger partial charge in [-0.25, -0.2) is 14.2 Å². The fourth-order valence-corrected chi connectivity index (χ4v) is 4.01. The lowest BCUT2D eigenvalue weighted by Crippen LogP contribution is -2.07. The highest BCUT2D eigenvalue weighted by Crippen LogP contribution is 2.29. The molecule has 4 aromatic heterocycles. The molecule has 4 rings (SSSR count). The molecule has 4 aromatic rings. The maximum Gasteiger partial charge on any atom is 0.471 e. The van der Waals surface area contributed by atoms with Gasteiger partial charge in [-0.3, -0.25) is 4.79 Å². The van der Waals surface area contributed by atoms with Gasteiger partial charge in [-0.15, -0.1) is 0 Å². The highest BCUT2D eigenvalue weighted by Gasteiger charge is 2.38. The number of ether oxygens (including phenoxy) is 1. The lowest BCUT2D eigenvalue weighted by atomic mass is 10.3. The first-order valence-electron chi connectivity index (χ1n) is 9.19. The van der Waals surface area contributed by atoms with Crippen molar-refractivity contribution < 1.29 is 31.4 Å². The molecule has 0 saturated heterocycles. The second-order valence-electron chi connectivity index (χ2n) is 6.83. The molecule has 0 N–H and O–H groups in total. The molecule has 4 heterocycles. The monoisotopic (exact) mass is 480 g/mol. The zero-order chi connectivity index (χ0) is 23.8. The second kappa shape index (κ2) is 8.27. The molecule has 0 aliphatic rings. The van der Waals surface area contributed by atoms with Crippen LogP contribution in [-0.4, -0.2) is 48.0 Å². The third-order valence-corrected chi connectivity index (χ3v) is 5.92. The van der Waals surface area contributed by atoms with Gasteiger partial charge in [-0.05, 0) is 18.2 Å². The van der Waals surface area contributed by atoms with Gasteiger partial charge in [-0.1, -0.05) is 5.16 Å². The smallest absolute Gasteiger partial charge is 0.471 e. The number of amides is 1. The van der Waals surface area contributed by atoms with Crippen molar-refractivity contribution in [3.05, 3.63) is 54.4 Å². The number of fused-ring (bicyclic) bond motifs is 1. The molecule has 0 bridgehead atoms. The summed E-state index contributed by atoms with van der Waals surface area (Å²) in [6, 6.07) is 6.00. The molecule has 14 heteroatoms. The van der Waals surface area contributed by atoms with Crippen LogP contribution >= 0.6 is 0 Å². The molecule has 10 nitrogen and oxygen atoms in total. The molecule has 0 saturated carbocycles. The summed E-state index contributed by atoms with van der Waals surface area (Å²) in [5.41, 5.74) is 0.994. The van der Waals surface area contributed by atoms with Gasteiger partial charge in [0.1, 0.15) is 16.4 Å². The SMILES string of the molecule is COc1ccnc(S(C)(=O)=NC(=O)Cc2cn3cc(-c4noc(C(F)(F)F)n4)ccc3n2)c1. The largest absolute Gasteiger partial charge is 0.497 e. The van der Waals surface area contributed by atoms with E-state index in [9.17, 15) is 22.2 Å². The summed E-state index contributed by atoms with van der Waals surface area (Å²) >= 11 is 0. The molecular formula is C19H15F3N6O4S. The van der Waals surface area contributed by atoms with Gasteiger partial charge in [0.15, 0.2) is 0 Å². The van der Waals surface area contributed by atoms with Crippen LogP contribution in [-0.2, 0) is 27.1 Å². The first-order chi connectivity index (χ1) is 15.5. The minimum Gasteiger partial charge on any atom is -0.497 e. The number of aromatic nitrogens is 5. The third kappa shape index (κ3) is 4.84. The Morgan fingerprint density at radius 3 is 2.73 bits per heavy atom. The fourth-order valence-electron chi connectivity index (χ4n) is 2.87. The molecule has 0 aliphatic heterocycles. The standard InChI is InChI=1S/C19H15F3N6O4S/c1-31-13-5-6-23-16(8-13)33(2,30)27-15(29)7-12-10-28-9-11(3-4-14(28)24-12)17-25-18(32-26-17)19(20,21)22/h3-6,8-10H,7H2,1-2H3. The summed E-state index contributed by atoms with van der Waals surface area (Å²) in [5, 5.41) is 3.45. The fraction of sp³-hybridized carbons (Fsp3) is 0.211. The van der Waals surface area contributed by atoms with Gasteiger partial charge in [0.25, 0.3) is 5.91 Å². The van der Waals surface area contributed by atoms with Gasteiger partial charge < -0.3 is 13.7 Å². The van der Waals surface area contributed by atoms with Crippen LogP contribution < -0.4 is 4.74 Å². The Morgan fingerprint density at radius 1 is 1.24 bits per heavy atom. The van der Waals surface area contributed by atoms with Crippen LogP contribution in [0.15, 0.2) is 56.8 Å². The molecule has 1 amide bonds. The third-order valence-electron chi connectivity index (χ3n) is 4.37. The van der Waals surface area contributed by atoms with Crippen molar-refractivity contribution in [3.63, 3.8) is 0 Å². The lowest BCUT2D eigenvalue weighted by molar-refractivity contribution is -0.159. The summed E-state index contributed by atoms with van der Waals surface area (Å²) in [4.78, 5) is 24.0. The molecule has 0 aromatic carbocycles. The van der Waals surface area contributed by atoms with Gasteiger partial charge in [0.2, 0.25) is 5.82 Å². The van der Waals surface area contributed by atoms with Crippen LogP contribution in [0.2, 0.25) is 0 Å². The number of carbonyl (C=O) groups is 1. The van der Waals surface area contributed by atoms with Crippen molar-refractivity contribution in [2.24, 2.45) is 4.36 Å². The van der Waals surface area contributed by atoms with Crippen LogP contribution in [0.3, 0.4) is 0 Å². The average molecular weight is 480 g/mol. The van der Waals surface area contributed by atoms with E-state index >= 15 is 0 Å². The summed E-state index contributed by atoms with van der Waals surface area (Å²) in [6.07, 6.45) is 0.646. The number of carbonyl (C=O) groups excluding carboxylic acids is 1. The second-order valence-corrected chi connectivity index (χ2v) is 9.04. The Labute approximate surface area is 184 Å². The zero-order valence-electron chi connectivity index (χ0n) is 17.1. The predicted molar refractivity (Wildman–Crippen MR) is 108 cm³/mol. The van der Waals surface area contributed by atoms with Crippen LogP contribution in [0.25, 0.3) is 17.0 Å².